The van der Waals surface area contributed by atoms with Gasteiger partial charge in [0.05, 0.1) is 6.42 Å². The van der Waals surface area contributed by atoms with Crippen LogP contribution in [-0.4, -0.2) is 15.7 Å². The molecule has 0 aliphatic carbocycles. The number of hydrogen-bond acceptors (Lipinski definition) is 2. The van der Waals surface area contributed by atoms with Crippen molar-refractivity contribution >= 4 is 29.4 Å². The molecule has 1 unspecified atom stereocenters. The van der Waals surface area contributed by atoms with E-state index in [1.165, 1.54) is 0 Å². The molecule has 0 radical (unpaired) electrons. The Hall–Kier alpha value is -1.12. The zero-order valence-electron chi connectivity index (χ0n) is 9.91. The van der Waals surface area contributed by atoms with Crippen molar-refractivity contribution in [1.29, 1.82) is 0 Å². The minimum Gasteiger partial charge on any atom is -0.351 e. The second-order valence-corrected chi connectivity index (χ2v) is 7.14. The number of benzene rings is 1. The Labute approximate surface area is 119 Å². The smallest absolute Gasteiger partial charge is 0.343 e. The summed E-state index contributed by atoms with van der Waals surface area (Å²) in [6, 6.07) is 6.58. The lowest BCUT2D eigenvalue weighted by molar-refractivity contribution is -0.120. The summed E-state index contributed by atoms with van der Waals surface area (Å²) in [7, 11) is -4.21. The monoisotopic (exact) mass is 345 g/mol. The summed E-state index contributed by atoms with van der Waals surface area (Å²) in [6.45, 7) is 0.323. The van der Waals surface area contributed by atoms with Crippen molar-refractivity contribution < 1.29 is 19.1 Å². The maximum atomic E-state index is 11.2. The molecule has 19 heavy (non-hydrogen) atoms. The third kappa shape index (κ3) is 5.17. The third-order valence-corrected chi connectivity index (χ3v) is 5.32. The van der Waals surface area contributed by atoms with Crippen molar-refractivity contribution in [3.8, 4) is 12.3 Å². The van der Waals surface area contributed by atoms with Crippen LogP contribution in [0.25, 0.3) is 0 Å². The van der Waals surface area contributed by atoms with Crippen LogP contribution < -0.4 is 5.32 Å². The molecule has 0 aromatic heterocycles. The first-order valence-corrected chi connectivity index (χ1v) is 7.92. The number of terminal acetylenes is 1. The predicted molar refractivity (Wildman–Crippen MR) is 75.5 cm³/mol. The number of amides is 1. The van der Waals surface area contributed by atoms with Crippen LogP contribution in [0, 0.1) is 12.3 Å². The van der Waals surface area contributed by atoms with E-state index in [1.807, 2.05) is 0 Å². The van der Waals surface area contributed by atoms with Crippen LogP contribution in [0.1, 0.15) is 22.1 Å². The molecule has 102 valence electrons. The third-order valence-electron chi connectivity index (χ3n) is 2.30. The summed E-state index contributed by atoms with van der Waals surface area (Å²) in [5, 5.41) is 2.63. The Morgan fingerprint density at radius 1 is 1.42 bits per heavy atom. The zero-order chi connectivity index (χ0) is 14.5. The van der Waals surface area contributed by atoms with Crippen molar-refractivity contribution in [2.45, 2.75) is 17.5 Å². The van der Waals surface area contributed by atoms with E-state index in [2.05, 4.69) is 27.2 Å². The molecule has 3 N–H and O–H groups in total. The first-order valence-electron chi connectivity index (χ1n) is 5.33. The minimum atomic E-state index is -4.21. The lowest BCUT2D eigenvalue weighted by Gasteiger charge is -2.12. The van der Waals surface area contributed by atoms with Gasteiger partial charge in [0.1, 0.15) is 4.57 Å². The molecule has 5 nitrogen and oxygen atoms in total. The van der Waals surface area contributed by atoms with Crippen molar-refractivity contribution in [2.24, 2.45) is 0 Å². The molecule has 7 heteroatoms. The second kappa shape index (κ2) is 6.88. The van der Waals surface area contributed by atoms with Gasteiger partial charge in [-0.25, -0.2) is 0 Å². The van der Waals surface area contributed by atoms with E-state index < -0.39 is 12.2 Å². The maximum absolute atomic E-state index is 11.2. The first-order chi connectivity index (χ1) is 8.84. The van der Waals surface area contributed by atoms with Crippen LogP contribution in [0.4, 0.5) is 0 Å². The van der Waals surface area contributed by atoms with Crippen molar-refractivity contribution in [1.82, 2.24) is 5.32 Å². The van der Waals surface area contributed by atoms with Gasteiger partial charge < -0.3 is 15.1 Å². The van der Waals surface area contributed by atoms with E-state index in [0.717, 1.165) is 5.56 Å². The van der Waals surface area contributed by atoms with Crippen LogP contribution in [0.15, 0.2) is 24.3 Å². The average Bonchev–Trinajstić information content (AvgIpc) is 2.35. The van der Waals surface area contributed by atoms with E-state index >= 15 is 0 Å². The molecule has 0 saturated heterocycles. The van der Waals surface area contributed by atoms with Crippen molar-refractivity contribution in [3.63, 3.8) is 0 Å². The molecule has 1 aromatic carbocycles. The maximum Gasteiger partial charge on any atom is 0.343 e. The molecule has 1 rings (SSSR count). The average molecular weight is 346 g/mol. The molecule has 0 heterocycles. The lowest BCUT2D eigenvalue weighted by Crippen LogP contribution is -2.21. The predicted octanol–water partition coefficient (Wildman–Crippen LogP) is 1.90. The zero-order valence-corrected chi connectivity index (χ0v) is 12.4. The van der Waals surface area contributed by atoms with Crippen molar-refractivity contribution in [2.75, 3.05) is 0 Å². The van der Waals surface area contributed by atoms with Gasteiger partial charge in [-0.15, -0.1) is 6.42 Å². The second-order valence-electron chi connectivity index (χ2n) is 3.82. The van der Waals surface area contributed by atoms with Gasteiger partial charge in [-0.3, -0.25) is 9.36 Å². The fourth-order valence-corrected chi connectivity index (χ4v) is 2.21. The normalized spacial score (nSPS) is 12.5. The van der Waals surface area contributed by atoms with Gasteiger partial charge in [0.25, 0.3) is 0 Å². The molecule has 0 spiro atoms. The standard InChI is InChI=1S/C12H13BrNO4P/c1-2-3-11(15)14-8-9-4-6-10(7-5-9)12(13)19(16,17)18/h1,4-7,12H,3,8H2,(H,14,15)(H2,16,17,18). The molecule has 0 aliphatic heterocycles. The molecule has 0 bridgehead atoms. The van der Waals surface area contributed by atoms with E-state index in [1.54, 1.807) is 24.3 Å². The van der Waals surface area contributed by atoms with Gasteiger partial charge >= 0.3 is 7.60 Å². The van der Waals surface area contributed by atoms with E-state index in [-0.39, 0.29) is 12.3 Å². The summed E-state index contributed by atoms with van der Waals surface area (Å²) in [5.41, 5.74) is 1.30. The Morgan fingerprint density at radius 3 is 2.47 bits per heavy atom. The Morgan fingerprint density at radius 2 is 2.00 bits per heavy atom. The first kappa shape index (κ1) is 15.9. The van der Waals surface area contributed by atoms with Gasteiger partial charge in [0.15, 0.2) is 0 Å². The number of rotatable bonds is 5. The minimum absolute atomic E-state index is 0.0275. The lowest BCUT2D eigenvalue weighted by atomic mass is 10.1. The SMILES string of the molecule is C#CCC(=O)NCc1ccc(C(Br)P(=O)(O)O)cc1. The molecule has 0 aliphatic rings. The van der Waals surface area contributed by atoms with E-state index in [0.29, 0.717) is 12.1 Å². The topological polar surface area (TPSA) is 86.6 Å². The van der Waals surface area contributed by atoms with Gasteiger partial charge in [-0.05, 0) is 11.1 Å². The number of carbonyl (C=O) groups is 1. The molecule has 1 aromatic rings. The van der Waals surface area contributed by atoms with E-state index in [9.17, 15) is 9.36 Å². The number of carbonyl (C=O) groups excluding carboxylic acids is 1. The molecule has 1 atom stereocenters. The van der Waals surface area contributed by atoms with Crippen LogP contribution in [0.5, 0.6) is 0 Å². The Kier molecular flexibility index (Phi) is 5.77. The molecular formula is C12H13BrNO4P. The highest BCUT2D eigenvalue weighted by Gasteiger charge is 2.27. The van der Waals surface area contributed by atoms with Crippen molar-refractivity contribution in [3.05, 3.63) is 35.4 Å². The molecule has 1 amide bonds. The number of halogens is 1. The number of nitrogens with one attached hydrogen (secondary N) is 1. The molecular weight excluding hydrogens is 333 g/mol. The summed E-state index contributed by atoms with van der Waals surface area (Å²) in [6.07, 6.45) is 5.03. The van der Waals surface area contributed by atoms with Gasteiger partial charge in [0, 0.05) is 6.54 Å². The fourth-order valence-electron chi connectivity index (χ4n) is 1.34. The van der Waals surface area contributed by atoms with Gasteiger partial charge in [-0.1, -0.05) is 46.1 Å². The highest BCUT2D eigenvalue weighted by molar-refractivity contribution is 9.10. The summed E-state index contributed by atoms with van der Waals surface area (Å²) >= 11 is 2.96. The summed E-state index contributed by atoms with van der Waals surface area (Å²) in [4.78, 5) is 29.2. The van der Waals surface area contributed by atoms with Gasteiger partial charge in [0.2, 0.25) is 5.91 Å². The van der Waals surface area contributed by atoms with Crippen LogP contribution in [-0.2, 0) is 15.9 Å². The number of alkyl halides is 1. The highest BCUT2D eigenvalue weighted by atomic mass is 79.9. The molecule has 0 saturated carbocycles. The number of hydrogen-bond donors (Lipinski definition) is 3. The largest absolute Gasteiger partial charge is 0.351 e. The summed E-state index contributed by atoms with van der Waals surface area (Å²) in [5.74, 6) is 2.00. The van der Waals surface area contributed by atoms with Crippen LogP contribution >= 0.6 is 23.5 Å². The van der Waals surface area contributed by atoms with Crippen LogP contribution in [0.2, 0.25) is 0 Å². The quantitative estimate of drug-likeness (QED) is 0.432. The van der Waals surface area contributed by atoms with E-state index in [4.69, 9.17) is 16.2 Å². The highest BCUT2D eigenvalue weighted by Crippen LogP contribution is 2.55. The Bertz CT molecular complexity index is 532. The summed E-state index contributed by atoms with van der Waals surface area (Å²) < 4.78 is 10.1. The van der Waals surface area contributed by atoms with Crippen LogP contribution in [0.3, 0.4) is 0 Å². The Balaban J connectivity index is 2.65. The van der Waals surface area contributed by atoms with Gasteiger partial charge in [-0.2, -0.15) is 0 Å². The molecule has 0 fully saturated rings. The fraction of sp³-hybridized carbons (Fsp3) is 0.250.